The van der Waals surface area contributed by atoms with E-state index in [0.29, 0.717) is 5.56 Å². The second-order valence-corrected chi connectivity index (χ2v) is 3.24. The van der Waals surface area contributed by atoms with Crippen LogP contribution >= 0.6 is 0 Å². The van der Waals surface area contributed by atoms with E-state index in [-0.39, 0.29) is 11.5 Å². The van der Waals surface area contributed by atoms with E-state index in [1.54, 1.807) is 18.2 Å². The van der Waals surface area contributed by atoms with Gasteiger partial charge in [-0.25, -0.2) is 9.69 Å². The zero-order valence-electron chi connectivity index (χ0n) is 9.20. The van der Waals surface area contributed by atoms with E-state index in [2.05, 4.69) is 4.74 Å². The molecule has 0 aliphatic carbocycles. The quantitative estimate of drug-likeness (QED) is 0.768. The van der Waals surface area contributed by atoms with Gasteiger partial charge in [0.15, 0.2) is 0 Å². The van der Waals surface area contributed by atoms with Crippen LogP contribution in [-0.2, 0) is 11.3 Å². The van der Waals surface area contributed by atoms with Gasteiger partial charge in [-0.3, -0.25) is 0 Å². The summed E-state index contributed by atoms with van der Waals surface area (Å²) in [6.07, 6.45) is -6.13. The third-order valence-corrected chi connectivity index (χ3v) is 1.98. The van der Waals surface area contributed by atoms with E-state index in [1.807, 2.05) is 0 Å². The summed E-state index contributed by atoms with van der Waals surface area (Å²) in [6, 6.07) is 7.92. The Morgan fingerprint density at radius 2 is 1.88 bits per heavy atom. The van der Waals surface area contributed by atoms with Crippen LogP contribution in [-0.4, -0.2) is 23.9 Å². The summed E-state index contributed by atoms with van der Waals surface area (Å²) in [4.78, 5) is 10.9. The fourth-order valence-corrected chi connectivity index (χ4v) is 1.23. The molecule has 3 nitrogen and oxygen atoms in total. The molecule has 6 heteroatoms. The molecule has 0 aliphatic heterocycles. The molecular formula is C11H12F3NO2. The summed E-state index contributed by atoms with van der Waals surface area (Å²) in [6.45, 7) is 0.804. The molecule has 0 unspecified atom stereocenters. The fraction of sp³-hybridized carbons (Fsp3) is 0.364. The topological polar surface area (TPSA) is 29.5 Å². The van der Waals surface area contributed by atoms with Gasteiger partial charge in [0.05, 0.1) is 13.2 Å². The van der Waals surface area contributed by atoms with Crippen molar-refractivity contribution >= 4 is 6.09 Å². The fourth-order valence-electron chi connectivity index (χ4n) is 1.23. The lowest BCUT2D eigenvalue weighted by Gasteiger charge is -2.23. The Kier molecular flexibility index (Phi) is 4.37. The highest BCUT2D eigenvalue weighted by Crippen LogP contribution is 2.24. The van der Waals surface area contributed by atoms with Crippen molar-refractivity contribution in [3.63, 3.8) is 0 Å². The van der Waals surface area contributed by atoms with Crippen LogP contribution in [0.5, 0.6) is 0 Å². The van der Waals surface area contributed by atoms with E-state index in [9.17, 15) is 18.0 Å². The van der Waals surface area contributed by atoms with Gasteiger partial charge < -0.3 is 4.74 Å². The summed E-state index contributed by atoms with van der Waals surface area (Å²) in [7, 11) is 0. The largest absolute Gasteiger partial charge is 0.490 e. The van der Waals surface area contributed by atoms with Crippen molar-refractivity contribution < 1.29 is 22.7 Å². The first-order valence-corrected chi connectivity index (χ1v) is 5.00. The maximum atomic E-state index is 12.6. The number of hydrogen-bond donors (Lipinski definition) is 0. The van der Waals surface area contributed by atoms with E-state index >= 15 is 0 Å². The molecule has 0 atom stereocenters. The summed E-state index contributed by atoms with van der Waals surface area (Å²) >= 11 is 0. The lowest BCUT2D eigenvalue weighted by atomic mass is 10.2. The Hall–Kier alpha value is -1.72. The van der Waals surface area contributed by atoms with Crippen molar-refractivity contribution in [1.29, 1.82) is 0 Å². The predicted molar refractivity (Wildman–Crippen MR) is 55.1 cm³/mol. The Morgan fingerprint density at radius 1 is 1.29 bits per heavy atom. The number of halogens is 3. The van der Waals surface area contributed by atoms with Crippen LogP contribution in [0.1, 0.15) is 12.5 Å². The Labute approximate surface area is 96.8 Å². The third kappa shape index (κ3) is 3.97. The predicted octanol–water partition coefficient (Wildman–Crippen LogP) is 3.16. The zero-order valence-corrected chi connectivity index (χ0v) is 9.20. The molecule has 0 N–H and O–H groups in total. The lowest BCUT2D eigenvalue weighted by molar-refractivity contribution is -0.233. The van der Waals surface area contributed by atoms with E-state index < -0.39 is 18.9 Å². The number of hydrogen-bond acceptors (Lipinski definition) is 2. The Morgan fingerprint density at radius 3 is 2.35 bits per heavy atom. The molecule has 1 aromatic carbocycles. The summed E-state index contributed by atoms with van der Waals surface area (Å²) in [5.41, 5.74) is 0.387. The smallest absolute Gasteiger partial charge is 0.450 e. The van der Waals surface area contributed by atoms with E-state index in [0.717, 1.165) is 0 Å². The molecule has 0 heterocycles. The molecular weight excluding hydrogens is 235 g/mol. The van der Waals surface area contributed by atoms with Crippen molar-refractivity contribution in [3.05, 3.63) is 35.9 Å². The zero-order chi connectivity index (χ0) is 12.9. The van der Waals surface area contributed by atoms with Gasteiger partial charge in [0.2, 0.25) is 0 Å². The normalized spacial score (nSPS) is 11.1. The number of nitrogens with zero attached hydrogens (tertiary/aromatic N) is 1. The summed E-state index contributed by atoms with van der Waals surface area (Å²) < 4.78 is 42.2. The number of carbonyl (C=O) groups is 1. The van der Waals surface area contributed by atoms with Crippen molar-refractivity contribution in [1.82, 2.24) is 4.90 Å². The summed E-state index contributed by atoms with van der Waals surface area (Å²) in [5, 5.41) is 0. The van der Waals surface area contributed by atoms with Crippen LogP contribution in [0.15, 0.2) is 30.3 Å². The highest BCUT2D eigenvalue weighted by molar-refractivity contribution is 5.68. The number of benzene rings is 1. The van der Waals surface area contributed by atoms with Gasteiger partial charge in [-0.15, -0.1) is 13.2 Å². The van der Waals surface area contributed by atoms with Gasteiger partial charge in [0.25, 0.3) is 0 Å². The first-order valence-electron chi connectivity index (χ1n) is 5.00. The molecule has 0 saturated heterocycles. The second kappa shape index (κ2) is 5.56. The number of carbonyl (C=O) groups excluding carboxylic acids is 1. The molecule has 0 saturated carbocycles. The van der Waals surface area contributed by atoms with Gasteiger partial charge >= 0.3 is 12.4 Å². The van der Waals surface area contributed by atoms with Gasteiger partial charge in [0.1, 0.15) is 0 Å². The monoisotopic (exact) mass is 247 g/mol. The highest BCUT2D eigenvalue weighted by atomic mass is 19.4. The Bertz CT molecular complexity index is 365. The highest BCUT2D eigenvalue weighted by Gasteiger charge is 2.41. The van der Waals surface area contributed by atoms with Crippen LogP contribution in [0.4, 0.5) is 18.0 Å². The second-order valence-electron chi connectivity index (χ2n) is 3.24. The molecule has 0 bridgehead atoms. The standard InChI is InChI=1S/C11H12F3NO2/c1-2-17-10(16)15(11(12,13)14)8-9-6-4-3-5-7-9/h3-7H,2,8H2,1H3. The molecule has 0 aromatic heterocycles. The Balaban J connectivity index is 2.82. The molecule has 0 fully saturated rings. The maximum Gasteiger partial charge on any atom is 0.490 e. The minimum absolute atomic E-state index is 0.0970. The third-order valence-electron chi connectivity index (χ3n) is 1.98. The van der Waals surface area contributed by atoms with Gasteiger partial charge in [-0.2, -0.15) is 0 Å². The van der Waals surface area contributed by atoms with E-state index in [4.69, 9.17) is 0 Å². The SMILES string of the molecule is CCOC(=O)N(Cc1ccccc1)C(F)(F)F. The maximum absolute atomic E-state index is 12.6. The minimum atomic E-state index is -4.75. The average molecular weight is 247 g/mol. The molecule has 94 valence electrons. The molecule has 1 amide bonds. The molecule has 0 spiro atoms. The lowest BCUT2D eigenvalue weighted by Crippen LogP contribution is -2.42. The molecule has 1 aromatic rings. The molecule has 1 rings (SSSR count). The van der Waals surface area contributed by atoms with Crippen molar-refractivity contribution in [2.45, 2.75) is 19.8 Å². The van der Waals surface area contributed by atoms with Crippen molar-refractivity contribution in [2.75, 3.05) is 6.61 Å². The number of ether oxygens (including phenoxy) is 1. The minimum Gasteiger partial charge on any atom is -0.450 e. The first-order chi connectivity index (χ1) is 7.95. The van der Waals surface area contributed by atoms with Crippen molar-refractivity contribution in [2.24, 2.45) is 0 Å². The average Bonchev–Trinajstić information content (AvgIpc) is 2.26. The number of rotatable bonds is 3. The van der Waals surface area contributed by atoms with Crippen molar-refractivity contribution in [3.8, 4) is 0 Å². The number of alkyl halides is 3. The molecule has 0 radical (unpaired) electrons. The van der Waals surface area contributed by atoms with Crippen LogP contribution in [0, 0.1) is 0 Å². The van der Waals surface area contributed by atoms with Gasteiger partial charge in [0, 0.05) is 0 Å². The van der Waals surface area contributed by atoms with Gasteiger partial charge in [-0.05, 0) is 12.5 Å². The van der Waals surface area contributed by atoms with Crippen LogP contribution < -0.4 is 0 Å². The van der Waals surface area contributed by atoms with E-state index in [1.165, 1.54) is 19.1 Å². The van der Waals surface area contributed by atoms with Crippen LogP contribution in [0.3, 0.4) is 0 Å². The first kappa shape index (κ1) is 13.3. The molecule has 17 heavy (non-hydrogen) atoms. The van der Waals surface area contributed by atoms with Crippen LogP contribution in [0.25, 0.3) is 0 Å². The summed E-state index contributed by atoms with van der Waals surface area (Å²) in [5.74, 6) is 0. The number of amides is 1. The van der Waals surface area contributed by atoms with Gasteiger partial charge in [-0.1, -0.05) is 30.3 Å². The molecule has 0 aliphatic rings. The van der Waals surface area contributed by atoms with Crippen LogP contribution in [0.2, 0.25) is 0 Å².